The van der Waals surface area contributed by atoms with E-state index >= 15 is 0 Å². The molecule has 2 unspecified atom stereocenters. The Kier molecular flexibility index (Phi) is 3.69. The molecule has 1 aromatic carbocycles. The summed E-state index contributed by atoms with van der Waals surface area (Å²) in [7, 11) is 4.42. The van der Waals surface area contributed by atoms with E-state index in [0.717, 1.165) is 5.01 Å². The molecule has 0 N–H and O–H groups in total. The molecule has 2 aromatic rings. The van der Waals surface area contributed by atoms with Gasteiger partial charge in [0, 0.05) is 27.8 Å². The number of para-hydroxylation sites is 2. The molecule has 9 heteroatoms. The summed E-state index contributed by atoms with van der Waals surface area (Å²) in [5.41, 5.74) is -0.452. The van der Waals surface area contributed by atoms with Gasteiger partial charge >= 0.3 is 5.91 Å². The third kappa shape index (κ3) is 2.02. The monoisotopic (exact) mass is 358 g/mol. The Morgan fingerprint density at radius 2 is 2.00 bits per heavy atom. The number of rotatable bonds is 5. The average Bonchev–Trinajstić information content (AvgIpc) is 3.35. The SMILES string of the molecule is COCCn1c(=O)c(C23C=NN(C)C(=O)C2(OC)O3)nc2ccccc21. The van der Waals surface area contributed by atoms with Crippen molar-refractivity contribution in [2.24, 2.45) is 5.10 Å². The van der Waals surface area contributed by atoms with Gasteiger partial charge in [-0.25, -0.2) is 9.99 Å². The third-order valence-corrected chi connectivity index (χ3v) is 4.75. The number of aromatic nitrogens is 2. The molecule has 2 aliphatic rings. The van der Waals surface area contributed by atoms with Crippen LogP contribution in [0.25, 0.3) is 11.0 Å². The van der Waals surface area contributed by atoms with Crippen molar-refractivity contribution in [1.82, 2.24) is 14.6 Å². The van der Waals surface area contributed by atoms with Crippen molar-refractivity contribution < 1.29 is 19.0 Å². The predicted octanol–water partition coefficient (Wildman–Crippen LogP) is 0.0689. The maximum absolute atomic E-state index is 13.2. The van der Waals surface area contributed by atoms with Crippen LogP contribution in [0.15, 0.2) is 34.2 Å². The molecule has 0 radical (unpaired) electrons. The van der Waals surface area contributed by atoms with Crippen LogP contribution in [-0.4, -0.2) is 60.3 Å². The highest BCUT2D eigenvalue weighted by molar-refractivity contribution is 5.99. The van der Waals surface area contributed by atoms with Gasteiger partial charge < -0.3 is 18.8 Å². The molecule has 4 rings (SSSR count). The minimum Gasteiger partial charge on any atom is -0.383 e. The summed E-state index contributed by atoms with van der Waals surface area (Å²) in [5.74, 6) is -2.10. The lowest BCUT2D eigenvalue weighted by molar-refractivity contribution is -0.153. The standard InChI is InChI=1S/C17H18N4O5/c1-20-15(23)17(25-3)16(26-17,10-18-20)13-14(22)21(8-9-24-2)12-7-5-4-6-11(12)19-13/h4-7,10H,8-9H2,1-3H3. The number of methoxy groups -OCH3 is 2. The van der Waals surface area contributed by atoms with Gasteiger partial charge in [-0.1, -0.05) is 12.1 Å². The minimum absolute atomic E-state index is 0.0688. The molecular weight excluding hydrogens is 340 g/mol. The number of carbonyl (C=O) groups is 1. The van der Waals surface area contributed by atoms with Crippen molar-refractivity contribution in [3.05, 3.63) is 40.3 Å². The van der Waals surface area contributed by atoms with Gasteiger partial charge in [0.2, 0.25) is 5.60 Å². The van der Waals surface area contributed by atoms with E-state index in [4.69, 9.17) is 14.2 Å². The van der Waals surface area contributed by atoms with Gasteiger partial charge in [0.15, 0.2) is 5.69 Å². The molecule has 1 fully saturated rings. The van der Waals surface area contributed by atoms with Crippen LogP contribution >= 0.6 is 0 Å². The molecule has 3 heterocycles. The Labute approximate surface area is 148 Å². The summed E-state index contributed by atoms with van der Waals surface area (Å²) in [5, 5.41) is 5.15. The van der Waals surface area contributed by atoms with Gasteiger partial charge in [0.25, 0.3) is 11.3 Å². The molecule has 0 saturated carbocycles. The second-order valence-electron chi connectivity index (χ2n) is 6.13. The van der Waals surface area contributed by atoms with Crippen LogP contribution in [0.3, 0.4) is 0 Å². The largest absolute Gasteiger partial charge is 0.383 e. The van der Waals surface area contributed by atoms with Crippen molar-refractivity contribution in [3.8, 4) is 0 Å². The molecule has 1 amide bonds. The lowest BCUT2D eigenvalue weighted by atomic mass is 9.97. The van der Waals surface area contributed by atoms with Gasteiger partial charge in [-0.15, -0.1) is 0 Å². The second-order valence-corrected chi connectivity index (χ2v) is 6.13. The smallest absolute Gasteiger partial charge is 0.306 e. The van der Waals surface area contributed by atoms with Crippen LogP contribution in [0.2, 0.25) is 0 Å². The van der Waals surface area contributed by atoms with Gasteiger partial charge in [-0.05, 0) is 12.1 Å². The van der Waals surface area contributed by atoms with Crippen LogP contribution < -0.4 is 5.56 Å². The first-order valence-corrected chi connectivity index (χ1v) is 8.08. The zero-order chi connectivity index (χ0) is 18.5. The quantitative estimate of drug-likeness (QED) is 0.702. The zero-order valence-electron chi connectivity index (χ0n) is 14.6. The van der Waals surface area contributed by atoms with Gasteiger partial charge in [0.1, 0.15) is 0 Å². The van der Waals surface area contributed by atoms with Crippen LogP contribution in [0.5, 0.6) is 0 Å². The number of fused-ring (bicyclic) bond motifs is 2. The Morgan fingerprint density at radius 3 is 2.73 bits per heavy atom. The first-order chi connectivity index (χ1) is 12.5. The van der Waals surface area contributed by atoms with Crippen molar-refractivity contribution in [3.63, 3.8) is 0 Å². The Hall–Kier alpha value is -2.62. The Morgan fingerprint density at radius 1 is 1.23 bits per heavy atom. The van der Waals surface area contributed by atoms with Gasteiger partial charge in [-0.3, -0.25) is 9.59 Å². The summed E-state index contributed by atoms with van der Waals surface area (Å²) in [4.78, 5) is 30.2. The van der Waals surface area contributed by atoms with E-state index in [1.807, 2.05) is 18.2 Å². The summed E-state index contributed by atoms with van der Waals surface area (Å²) in [6.45, 7) is 0.693. The van der Waals surface area contributed by atoms with Crippen molar-refractivity contribution in [2.45, 2.75) is 17.9 Å². The molecule has 26 heavy (non-hydrogen) atoms. The topological polar surface area (TPSA) is 98.6 Å². The number of hydrazone groups is 1. The molecule has 2 atom stereocenters. The zero-order valence-corrected chi connectivity index (χ0v) is 14.6. The first-order valence-electron chi connectivity index (χ1n) is 8.08. The van der Waals surface area contributed by atoms with Crippen LogP contribution in [-0.2, 0) is 31.2 Å². The first kappa shape index (κ1) is 16.8. The molecule has 1 saturated heterocycles. The summed E-state index contributed by atoms with van der Waals surface area (Å²) < 4.78 is 17.7. The van der Waals surface area contributed by atoms with E-state index in [2.05, 4.69) is 10.1 Å². The molecule has 9 nitrogen and oxygen atoms in total. The third-order valence-electron chi connectivity index (χ3n) is 4.75. The summed E-state index contributed by atoms with van der Waals surface area (Å²) in [6, 6.07) is 7.26. The highest BCUT2D eigenvalue weighted by Crippen LogP contribution is 2.56. The Bertz CT molecular complexity index is 987. The summed E-state index contributed by atoms with van der Waals surface area (Å²) >= 11 is 0. The average molecular weight is 358 g/mol. The number of benzene rings is 1. The van der Waals surface area contributed by atoms with Crippen molar-refractivity contribution in [1.29, 1.82) is 0 Å². The molecule has 136 valence electrons. The van der Waals surface area contributed by atoms with Crippen molar-refractivity contribution >= 4 is 23.2 Å². The van der Waals surface area contributed by atoms with Gasteiger partial charge in [0.05, 0.1) is 23.9 Å². The van der Waals surface area contributed by atoms with Crippen molar-refractivity contribution in [2.75, 3.05) is 27.9 Å². The maximum Gasteiger partial charge on any atom is 0.306 e. The fraction of sp³-hybridized carbons (Fsp3) is 0.412. The molecule has 0 spiro atoms. The normalized spacial score (nSPS) is 27.0. The highest BCUT2D eigenvalue weighted by atomic mass is 16.8. The Balaban J connectivity index is 1.96. The van der Waals surface area contributed by atoms with E-state index in [9.17, 15) is 9.59 Å². The van der Waals surface area contributed by atoms with E-state index < -0.39 is 17.3 Å². The summed E-state index contributed by atoms with van der Waals surface area (Å²) in [6.07, 6.45) is 1.40. The molecular formula is C17H18N4O5. The lowest BCUT2D eigenvalue weighted by Gasteiger charge is -2.23. The number of epoxide rings is 1. The number of hydrogen-bond acceptors (Lipinski definition) is 7. The number of ether oxygens (including phenoxy) is 3. The lowest BCUT2D eigenvalue weighted by Crippen LogP contribution is -2.48. The van der Waals surface area contributed by atoms with Crippen LogP contribution in [0.1, 0.15) is 5.69 Å². The fourth-order valence-corrected chi connectivity index (χ4v) is 3.33. The predicted molar refractivity (Wildman–Crippen MR) is 91.6 cm³/mol. The van der Waals surface area contributed by atoms with E-state index in [0.29, 0.717) is 24.2 Å². The molecule has 1 aromatic heterocycles. The number of carbonyl (C=O) groups excluding carboxylic acids is 1. The second kappa shape index (κ2) is 5.70. The van der Waals surface area contributed by atoms with E-state index in [-0.39, 0.29) is 11.3 Å². The fourth-order valence-electron chi connectivity index (χ4n) is 3.33. The van der Waals surface area contributed by atoms with Gasteiger partial charge in [-0.2, -0.15) is 5.10 Å². The maximum atomic E-state index is 13.2. The molecule has 2 aliphatic heterocycles. The number of nitrogens with zero attached hydrogens (tertiary/aromatic N) is 4. The molecule has 0 bridgehead atoms. The number of amides is 1. The van der Waals surface area contributed by atoms with E-state index in [1.54, 1.807) is 17.7 Å². The van der Waals surface area contributed by atoms with Crippen LogP contribution in [0, 0.1) is 0 Å². The molecule has 0 aliphatic carbocycles. The number of likely N-dealkylation sites (N-methyl/N-ethyl adjacent to an activating group) is 1. The number of hydrogen-bond donors (Lipinski definition) is 0. The van der Waals surface area contributed by atoms with E-state index in [1.165, 1.54) is 20.4 Å². The highest BCUT2D eigenvalue weighted by Gasteiger charge is 2.81. The van der Waals surface area contributed by atoms with Crippen LogP contribution in [0.4, 0.5) is 0 Å². The minimum atomic E-state index is -1.61.